The molecule has 0 spiro atoms. The van der Waals surface area contributed by atoms with E-state index in [4.69, 9.17) is 5.73 Å². The molecule has 1 aliphatic heterocycles. The molecule has 2 unspecified atom stereocenters. The summed E-state index contributed by atoms with van der Waals surface area (Å²) in [5.74, 6) is 0.897. The molecule has 2 heteroatoms. The fourth-order valence-electron chi connectivity index (χ4n) is 2.41. The molecule has 68 valence electrons. The van der Waals surface area contributed by atoms with E-state index < -0.39 is 0 Å². The Hall–Kier alpha value is -0.500. The maximum atomic E-state index is 5.59. The van der Waals surface area contributed by atoms with Gasteiger partial charge in [-0.3, -0.25) is 0 Å². The molecule has 0 aromatic heterocycles. The fourth-order valence-corrected chi connectivity index (χ4v) is 2.41. The van der Waals surface area contributed by atoms with Crippen LogP contribution in [0.3, 0.4) is 0 Å². The molecule has 0 amide bonds. The first-order chi connectivity index (χ1) is 5.90. The van der Waals surface area contributed by atoms with Crippen LogP contribution in [-0.2, 0) is 0 Å². The van der Waals surface area contributed by atoms with Crippen LogP contribution in [0, 0.1) is 5.92 Å². The third kappa shape index (κ3) is 1.48. The van der Waals surface area contributed by atoms with Crippen molar-refractivity contribution in [3.8, 4) is 0 Å². The molecule has 0 aromatic rings. The summed E-state index contributed by atoms with van der Waals surface area (Å²) in [5, 5.41) is 3.54. The topological polar surface area (TPSA) is 38.0 Å². The molecular weight excluding hydrogens is 148 g/mol. The van der Waals surface area contributed by atoms with Crippen LogP contribution in [-0.4, -0.2) is 12.6 Å². The Balaban J connectivity index is 2.00. The highest BCUT2D eigenvalue weighted by molar-refractivity contribution is 5.09. The van der Waals surface area contributed by atoms with Gasteiger partial charge in [0.2, 0.25) is 0 Å². The van der Waals surface area contributed by atoms with Crippen molar-refractivity contribution in [3.63, 3.8) is 0 Å². The van der Waals surface area contributed by atoms with Gasteiger partial charge in [-0.2, -0.15) is 0 Å². The maximum absolute atomic E-state index is 5.59. The second-order valence-corrected chi connectivity index (χ2v) is 3.96. The van der Waals surface area contributed by atoms with E-state index in [0.29, 0.717) is 6.54 Å². The van der Waals surface area contributed by atoms with Crippen LogP contribution in [0.25, 0.3) is 0 Å². The molecule has 2 atom stereocenters. The van der Waals surface area contributed by atoms with Crippen molar-refractivity contribution in [2.75, 3.05) is 6.54 Å². The van der Waals surface area contributed by atoms with E-state index in [1.807, 2.05) is 0 Å². The number of allylic oxidation sites excluding steroid dienone is 1. The summed E-state index contributed by atoms with van der Waals surface area (Å²) in [6.07, 6.45) is 9.12. The van der Waals surface area contributed by atoms with Crippen molar-refractivity contribution >= 4 is 0 Å². The summed E-state index contributed by atoms with van der Waals surface area (Å²) in [6.45, 7) is 0.684. The van der Waals surface area contributed by atoms with Crippen molar-refractivity contribution in [1.29, 1.82) is 0 Å². The first-order valence-corrected chi connectivity index (χ1v) is 5.06. The van der Waals surface area contributed by atoms with Crippen molar-refractivity contribution < 1.29 is 0 Å². The summed E-state index contributed by atoms with van der Waals surface area (Å²) >= 11 is 0. The lowest BCUT2D eigenvalue weighted by atomic mass is 9.80. The Morgan fingerprint density at radius 3 is 3.08 bits per heavy atom. The average molecular weight is 166 g/mol. The third-order valence-electron chi connectivity index (χ3n) is 3.17. The van der Waals surface area contributed by atoms with Crippen LogP contribution < -0.4 is 11.1 Å². The standard InChI is InChI=1S/C10H18N2/c11-7-9-6-5-8-3-1-2-4-10(8)12-9/h6,8,10,12H,1-5,7,11H2. The van der Waals surface area contributed by atoms with E-state index in [-0.39, 0.29) is 0 Å². The molecule has 1 aliphatic carbocycles. The van der Waals surface area contributed by atoms with Crippen LogP contribution in [0.5, 0.6) is 0 Å². The summed E-state index contributed by atoms with van der Waals surface area (Å²) in [6, 6.07) is 0.738. The molecule has 1 saturated carbocycles. The maximum Gasteiger partial charge on any atom is 0.0325 e. The zero-order valence-corrected chi connectivity index (χ0v) is 7.55. The Morgan fingerprint density at radius 1 is 1.42 bits per heavy atom. The minimum atomic E-state index is 0.684. The molecule has 1 fully saturated rings. The number of rotatable bonds is 1. The first-order valence-electron chi connectivity index (χ1n) is 5.06. The number of hydrogen-bond donors (Lipinski definition) is 2. The smallest absolute Gasteiger partial charge is 0.0325 e. The normalized spacial score (nSPS) is 34.9. The van der Waals surface area contributed by atoms with E-state index >= 15 is 0 Å². The zero-order chi connectivity index (χ0) is 8.39. The molecular formula is C10H18N2. The largest absolute Gasteiger partial charge is 0.385 e. The summed E-state index contributed by atoms with van der Waals surface area (Å²) in [5.41, 5.74) is 6.86. The highest BCUT2D eigenvalue weighted by atomic mass is 15.0. The highest BCUT2D eigenvalue weighted by Gasteiger charge is 2.26. The van der Waals surface area contributed by atoms with Crippen LogP contribution in [0.2, 0.25) is 0 Å². The second kappa shape index (κ2) is 3.48. The number of fused-ring (bicyclic) bond motifs is 1. The molecule has 2 aliphatic rings. The van der Waals surface area contributed by atoms with Gasteiger partial charge < -0.3 is 11.1 Å². The van der Waals surface area contributed by atoms with Gasteiger partial charge in [-0.1, -0.05) is 18.9 Å². The van der Waals surface area contributed by atoms with Gasteiger partial charge in [-0.25, -0.2) is 0 Å². The monoisotopic (exact) mass is 166 g/mol. The Bertz CT molecular complexity index is 186. The van der Waals surface area contributed by atoms with Crippen LogP contribution in [0.1, 0.15) is 32.1 Å². The molecule has 3 N–H and O–H groups in total. The van der Waals surface area contributed by atoms with Crippen LogP contribution >= 0.6 is 0 Å². The van der Waals surface area contributed by atoms with E-state index in [1.165, 1.54) is 37.8 Å². The molecule has 0 radical (unpaired) electrons. The van der Waals surface area contributed by atoms with Gasteiger partial charge in [-0.05, 0) is 25.2 Å². The number of nitrogens with two attached hydrogens (primary N) is 1. The summed E-state index contributed by atoms with van der Waals surface area (Å²) in [4.78, 5) is 0. The quantitative estimate of drug-likeness (QED) is 0.617. The van der Waals surface area contributed by atoms with Crippen molar-refractivity contribution in [2.24, 2.45) is 11.7 Å². The van der Waals surface area contributed by atoms with Gasteiger partial charge >= 0.3 is 0 Å². The number of nitrogens with one attached hydrogen (secondary N) is 1. The first kappa shape index (κ1) is 8.11. The molecule has 0 aromatic carbocycles. The van der Waals surface area contributed by atoms with Gasteiger partial charge in [0.25, 0.3) is 0 Å². The molecule has 0 saturated heterocycles. The van der Waals surface area contributed by atoms with Gasteiger partial charge in [0.15, 0.2) is 0 Å². The summed E-state index contributed by atoms with van der Waals surface area (Å²) in [7, 11) is 0. The summed E-state index contributed by atoms with van der Waals surface area (Å²) < 4.78 is 0. The molecule has 2 rings (SSSR count). The third-order valence-corrected chi connectivity index (χ3v) is 3.17. The minimum absolute atomic E-state index is 0.684. The lowest BCUT2D eigenvalue weighted by Crippen LogP contribution is -2.42. The Morgan fingerprint density at radius 2 is 2.25 bits per heavy atom. The van der Waals surface area contributed by atoms with E-state index in [0.717, 1.165) is 12.0 Å². The van der Waals surface area contributed by atoms with Crippen molar-refractivity contribution in [1.82, 2.24) is 5.32 Å². The van der Waals surface area contributed by atoms with Crippen molar-refractivity contribution in [3.05, 3.63) is 11.8 Å². The number of hydrogen-bond acceptors (Lipinski definition) is 2. The predicted molar refractivity (Wildman–Crippen MR) is 50.6 cm³/mol. The fraction of sp³-hybridized carbons (Fsp3) is 0.800. The molecule has 2 nitrogen and oxygen atoms in total. The zero-order valence-electron chi connectivity index (χ0n) is 7.55. The lowest BCUT2D eigenvalue weighted by molar-refractivity contribution is 0.264. The Labute approximate surface area is 74.2 Å². The molecule has 1 heterocycles. The molecule has 12 heavy (non-hydrogen) atoms. The van der Waals surface area contributed by atoms with Crippen LogP contribution in [0.4, 0.5) is 0 Å². The molecule has 0 bridgehead atoms. The van der Waals surface area contributed by atoms with E-state index in [9.17, 15) is 0 Å². The Kier molecular flexibility index (Phi) is 2.35. The second-order valence-electron chi connectivity index (χ2n) is 3.96. The van der Waals surface area contributed by atoms with Crippen molar-refractivity contribution in [2.45, 2.75) is 38.1 Å². The van der Waals surface area contributed by atoms with Crippen LogP contribution in [0.15, 0.2) is 11.8 Å². The SMILES string of the molecule is NCC1=CCC2CCCCC2N1. The van der Waals surface area contributed by atoms with Gasteiger partial charge in [0, 0.05) is 18.3 Å². The van der Waals surface area contributed by atoms with Gasteiger partial charge in [-0.15, -0.1) is 0 Å². The lowest BCUT2D eigenvalue weighted by Gasteiger charge is -2.36. The van der Waals surface area contributed by atoms with E-state index in [1.54, 1.807) is 0 Å². The predicted octanol–water partition coefficient (Wildman–Crippen LogP) is 1.38. The van der Waals surface area contributed by atoms with Gasteiger partial charge in [0.1, 0.15) is 0 Å². The van der Waals surface area contributed by atoms with Gasteiger partial charge in [0.05, 0.1) is 0 Å². The van der Waals surface area contributed by atoms with E-state index in [2.05, 4.69) is 11.4 Å². The highest BCUT2D eigenvalue weighted by Crippen LogP contribution is 2.30. The average Bonchev–Trinajstić information content (AvgIpc) is 2.17. The minimum Gasteiger partial charge on any atom is -0.385 e.